The van der Waals surface area contributed by atoms with E-state index in [2.05, 4.69) is 17.1 Å². The van der Waals surface area contributed by atoms with Gasteiger partial charge < -0.3 is 10.1 Å². The van der Waals surface area contributed by atoms with Crippen LogP contribution >= 0.6 is 11.3 Å². The maximum atomic E-state index is 12.7. The van der Waals surface area contributed by atoms with Crippen molar-refractivity contribution in [2.75, 3.05) is 25.0 Å². The zero-order chi connectivity index (χ0) is 20.1. The molecule has 1 aliphatic heterocycles. The molecule has 1 atom stereocenters. The van der Waals surface area contributed by atoms with Crippen LogP contribution in [0.1, 0.15) is 49.0 Å². The average Bonchev–Trinajstić information content (AvgIpc) is 3.08. The van der Waals surface area contributed by atoms with Crippen molar-refractivity contribution < 1.29 is 14.3 Å². The van der Waals surface area contributed by atoms with Gasteiger partial charge in [0.25, 0.3) is 0 Å². The largest absolute Gasteiger partial charge is 0.462 e. The molecule has 28 heavy (non-hydrogen) atoms. The molecular formula is C22H28N2O3S. The number of amides is 1. The van der Waals surface area contributed by atoms with Crippen LogP contribution in [-0.2, 0) is 9.53 Å². The third-order valence-corrected chi connectivity index (χ3v) is 6.07. The molecule has 1 saturated heterocycles. The molecule has 150 valence electrons. The van der Waals surface area contributed by atoms with Crippen LogP contribution in [0, 0.1) is 6.92 Å². The van der Waals surface area contributed by atoms with Gasteiger partial charge in [-0.2, -0.15) is 0 Å². The Bertz CT molecular complexity index is 829. The minimum atomic E-state index is -0.402. The van der Waals surface area contributed by atoms with E-state index >= 15 is 0 Å². The van der Waals surface area contributed by atoms with Crippen molar-refractivity contribution in [3.63, 3.8) is 0 Å². The van der Waals surface area contributed by atoms with Crippen molar-refractivity contribution in [2.45, 2.75) is 46.1 Å². The van der Waals surface area contributed by atoms with Crippen molar-refractivity contribution in [3.05, 3.63) is 40.8 Å². The summed E-state index contributed by atoms with van der Waals surface area (Å²) in [6, 6.07) is 8.41. The number of anilines is 1. The molecule has 0 saturated carbocycles. The Morgan fingerprint density at radius 1 is 1.25 bits per heavy atom. The second-order valence-corrected chi connectivity index (χ2v) is 8.18. The number of nitrogens with one attached hydrogen (secondary N) is 1. The fraction of sp³-hybridized carbons (Fsp3) is 0.455. The summed E-state index contributed by atoms with van der Waals surface area (Å²) in [6.07, 6.45) is 3.47. The zero-order valence-corrected chi connectivity index (χ0v) is 17.6. The topological polar surface area (TPSA) is 58.6 Å². The lowest BCUT2D eigenvalue weighted by atomic mass is 10.0. The van der Waals surface area contributed by atoms with Gasteiger partial charge in [-0.3, -0.25) is 9.69 Å². The lowest BCUT2D eigenvalue weighted by molar-refractivity contribution is -0.118. The van der Waals surface area contributed by atoms with Crippen molar-refractivity contribution in [1.82, 2.24) is 4.90 Å². The highest BCUT2D eigenvalue weighted by atomic mass is 32.1. The molecule has 1 aromatic carbocycles. The average molecular weight is 401 g/mol. The van der Waals surface area contributed by atoms with Crippen LogP contribution in [0.15, 0.2) is 29.6 Å². The molecule has 1 fully saturated rings. The van der Waals surface area contributed by atoms with E-state index in [1.807, 2.05) is 36.6 Å². The predicted octanol–water partition coefficient (Wildman–Crippen LogP) is 4.71. The van der Waals surface area contributed by atoms with E-state index in [1.54, 1.807) is 6.92 Å². The number of piperidine rings is 1. The third kappa shape index (κ3) is 4.80. The minimum Gasteiger partial charge on any atom is -0.462 e. The van der Waals surface area contributed by atoms with Gasteiger partial charge in [0, 0.05) is 17.0 Å². The van der Waals surface area contributed by atoms with Crippen molar-refractivity contribution >= 4 is 28.2 Å². The third-order valence-electron chi connectivity index (χ3n) is 5.17. The van der Waals surface area contributed by atoms with Gasteiger partial charge in [0.2, 0.25) is 5.91 Å². The summed E-state index contributed by atoms with van der Waals surface area (Å²) in [4.78, 5) is 27.5. The molecular weight excluding hydrogens is 372 g/mol. The van der Waals surface area contributed by atoms with Crippen molar-refractivity contribution in [3.8, 4) is 11.1 Å². The molecule has 0 unspecified atom stereocenters. The maximum Gasteiger partial charge on any atom is 0.341 e. The first-order chi connectivity index (χ1) is 13.5. The first kappa shape index (κ1) is 20.6. The molecule has 1 aliphatic rings. The molecule has 3 rings (SSSR count). The highest BCUT2D eigenvalue weighted by Gasteiger charge is 2.25. The number of likely N-dealkylation sites (tertiary alicyclic amines) is 1. The molecule has 0 bridgehead atoms. The molecule has 0 aliphatic carbocycles. The van der Waals surface area contributed by atoms with Gasteiger partial charge in [-0.15, -0.1) is 11.3 Å². The number of nitrogens with zero attached hydrogens (tertiary/aromatic N) is 1. The van der Waals surface area contributed by atoms with E-state index < -0.39 is 5.97 Å². The summed E-state index contributed by atoms with van der Waals surface area (Å²) < 4.78 is 5.27. The second kappa shape index (κ2) is 9.34. The molecule has 1 amide bonds. The number of rotatable bonds is 6. The van der Waals surface area contributed by atoms with Crippen molar-refractivity contribution in [2.24, 2.45) is 0 Å². The SMILES string of the molecule is CCOC(=O)c1c(-c2ccc(C)cc2)csc1NC(=O)CN1CCCC[C@H]1C. The summed E-state index contributed by atoms with van der Waals surface area (Å²) in [7, 11) is 0. The molecule has 6 heteroatoms. The Kier molecular flexibility index (Phi) is 6.86. The van der Waals surface area contributed by atoms with E-state index in [9.17, 15) is 9.59 Å². The highest BCUT2D eigenvalue weighted by molar-refractivity contribution is 7.15. The van der Waals surface area contributed by atoms with Gasteiger partial charge in [-0.25, -0.2) is 4.79 Å². The normalized spacial score (nSPS) is 17.3. The van der Waals surface area contributed by atoms with Crippen molar-refractivity contribution in [1.29, 1.82) is 0 Å². The van der Waals surface area contributed by atoms with Gasteiger partial charge in [-0.05, 0) is 45.7 Å². The summed E-state index contributed by atoms with van der Waals surface area (Å²) in [5.74, 6) is -0.488. The quantitative estimate of drug-likeness (QED) is 0.713. The number of thiophene rings is 1. The molecule has 1 aromatic heterocycles. The summed E-state index contributed by atoms with van der Waals surface area (Å²) in [5.41, 5.74) is 3.33. The molecule has 0 radical (unpaired) electrons. The summed E-state index contributed by atoms with van der Waals surface area (Å²) >= 11 is 1.37. The van der Waals surface area contributed by atoms with E-state index in [-0.39, 0.29) is 5.91 Å². The van der Waals surface area contributed by atoms with E-state index in [0.717, 1.165) is 36.1 Å². The molecule has 5 nitrogen and oxygen atoms in total. The Balaban J connectivity index is 1.82. The van der Waals surface area contributed by atoms with Crippen LogP contribution in [0.25, 0.3) is 11.1 Å². The fourth-order valence-corrected chi connectivity index (χ4v) is 4.52. The lowest BCUT2D eigenvalue weighted by Crippen LogP contribution is -2.42. The number of esters is 1. The highest BCUT2D eigenvalue weighted by Crippen LogP contribution is 2.36. The first-order valence-electron chi connectivity index (χ1n) is 9.89. The Labute approximate surface area is 170 Å². The molecule has 2 heterocycles. The number of aryl methyl sites for hydroxylation is 1. The molecule has 1 N–H and O–H groups in total. The number of carbonyl (C=O) groups excluding carboxylic acids is 2. The fourth-order valence-electron chi connectivity index (χ4n) is 3.54. The Morgan fingerprint density at radius 2 is 2.00 bits per heavy atom. The monoisotopic (exact) mass is 400 g/mol. The van der Waals surface area contributed by atoms with E-state index in [4.69, 9.17) is 4.74 Å². The van der Waals surface area contributed by atoms with Gasteiger partial charge in [-0.1, -0.05) is 36.2 Å². The van der Waals surface area contributed by atoms with Crippen LogP contribution in [-0.4, -0.2) is 42.5 Å². The van der Waals surface area contributed by atoms with Crippen LogP contribution in [0.5, 0.6) is 0 Å². The van der Waals surface area contributed by atoms with Gasteiger partial charge in [0.1, 0.15) is 10.6 Å². The minimum absolute atomic E-state index is 0.0865. The van der Waals surface area contributed by atoms with Gasteiger partial charge >= 0.3 is 5.97 Å². The van der Waals surface area contributed by atoms with Crippen LogP contribution in [0.3, 0.4) is 0 Å². The molecule has 0 spiro atoms. The molecule has 2 aromatic rings. The van der Waals surface area contributed by atoms with E-state index in [0.29, 0.717) is 29.8 Å². The lowest BCUT2D eigenvalue weighted by Gasteiger charge is -2.32. The number of carbonyl (C=O) groups is 2. The van der Waals surface area contributed by atoms with Crippen LogP contribution in [0.2, 0.25) is 0 Å². The summed E-state index contributed by atoms with van der Waals surface area (Å²) in [5, 5.41) is 5.43. The number of hydrogen-bond donors (Lipinski definition) is 1. The Morgan fingerprint density at radius 3 is 2.68 bits per heavy atom. The Hall–Kier alpha value is -2.18. The maximum absolute atomic E-state index is 12.7. The van der Waals surface area contributed by atoms with E-state index in [1.165, 1.54) is 17.8 Å². The number of benzene rings is 1. The number of hydrogen-bond acceptors (Lipinski definition) is 5. The zero-order valence-electron chi connectivity index (χ0n) is 16.8. The van der Waals surface area contributed by atoms with Gasteiger partial charge in [0.05, 0.1) is 13.2 Å². The number of ether oxygens (including phenoxy) is 1. The van der Waals surface area contributed by atoms with Crippen LogP contribution < -0.4 is 5.32 Å². The first-order valence-corrected chi connectivity index (χ1v) is 10.8. The standard InChI is InChI=1S/C22H28N2O3S/c1-4-27-22(26)20-18(17-10-8-15(2)9-11-17)14-28-21(20)23-19(25)13-24-12-6-5-7-16(24)3/h8-11,14,16H,4-7,12-13H2,1-3H3,(H,23,25)/t16-/m1/s1. The smallest absolute Gasteiger partial charge is 0.341 e. The summed E-state index contributed by atoms with van der Waals surface area (Å²) in [6.45, 7) is 7.56. The predicted molar refractivity (Wildman–Crippen MR) is 114 cm³/mol. The van der Waals surface area contributed by atoms with Gasteiger partial charge in [0.15, 0.2) is 0 Å². The van der Waals surface area contributed by atoms with Crippen LogP contribution in [0.4, 0.5) is 5.00 Å². The second-order valence-electron chi connectivity index (χ2n) is 7.30.